The highest BCUT2D eigenvalue weighted by Crippen LogP contribution is 2.29. The number of carbonyl (C=O) groups is 3. The van der Waals surface area contributed by atoms with Crippen molar-refractivity contribution in [1.82, 2.24) is 5.32 Å². The predicted molar refractivity (Wildman–Crippen MR) is 61.2 cm³/mol. The summed E-state index contributed by atoms with van der Waals surface area (Å²) in [5.74, 6) is -3.52. The molecule has 0 bridgehead atoms. The first kappa shape index (κ1) is 13.1. The summed E-state index contributed by atoms with van der Waals surface area (Å²) in [6.07, 6.45) is 0. The second kappa shape index (κ2) is 4.11. The Morgan fingerprint density at radius 3 is 2.37 bits per heavy atom. The Morgan fingerprint density at radius 1 is 1.16 bits per heavy atom. The fraction of sp³-hybridized carbons (Fsp3) is 0.250. The maximum absolute atomic E-state index is 13.6. The average molecular weight is 268 g/mol. The van der Waals surface area contributed by atoms with Gasteiger partial charge in [-0.1, -0.05) is 0 Å². The molecule has 0 aromatic heterocycles. The molecule has 7 heteroatoms. The second-order valence-electron chi connectivity index (χ2n) is 4.62. The van der Waals surface area contributed by atoms with E-state index < -0.39 is 40.6 Å². The Hall–Kier alpha value is -2.31. The minimum atomic E-state index is -1.51. The van der Waals surface area contributed by atoms with Crippen LogP contribution < -0.4 is 10.2 Å². The number of benzene rings is 1. The summed E-state index contributed by atoms with van der Waals surface area (Å²) in [7, 11) is 0. The first-order valence-corrected chi connectivity index (χ1v) is 5.40. The van der Waals surface area contributed by atoms with E-state index in [2.05, 4.69) is 0 Å². The number of hydrogen-bond donors (Lipinski definition) is 1. The lowest BCUT2D eigenvalue weighted by molar-refractivity contribution is -0.140. The van der Waals surface area contributed by atoms with Crippen molar-refractivity contribution in [3.63, 3.8) is 0 Å². The number of rotatable bonds is 1. The Bertz CT molecular complexity index is 599. The summed E-state index contributed by atoms with van der Waals surface area (Å²) >= 11 is 0. The van der Waals surface area contributed by atoms with Crippen molar-refractivity contribution >= 4 is 23.5 Å². The zero-order chi connectivity index (χ0) is 14.4. The number of carbonyl (C=O) groups excluding carboxylic acids is 3. The van der Waals surface area contributed by atoms with Crippen LogP contribution in [0.1, 0.15) is 13.8 Å². The van der Waals surface area contributed by atoms with Gasteiger partial charge in [-0.05, 0) is 26.0 Å². The average Bonchev–Trinajstić information content (AvgIpc) is 2.30. The van der Waals surface area contributed by atoms with Crippen LogP contribution in [-0.2, 0) is 9.59 Å². The van der Waals surface area contributed by atoms with Gasteiger partial charge >= 0.3 is 6.03 Å². The molecule has 1 aliphatic rings. The van der Waals surface area contributed by atoms with Crippen LogP contribution in [-0.4, -0.2) is 17.8 Å². The van der Waals surface area contributed by atoms with Gasteiger partial charge < -0.3 is 0 Å². The van der Waals surface area contributed by atoms with Crippen molar-refractivity contribution in [2.45, 2.75) is 13.8 Å². The van der Waals surface area contributed by atoms with Crippen molar-refractivity contribution in [1.29, 1.82) is 0 Å². The maximum Gasteiger partial charge on any atom is 0.335 e. The normalized spacial score (nSPS) is 18.5. The molecular formula is C12H10F2N2O3. The van der Waals surface area contributed by atoms with Gasteiger partial charge in [0.25, 0.3) is 0 Å². The van der Waals surface area contributed by atoms with Crippen molar-refractivity contribution < 1.29 is 23.2 Å². The molecule has 100 valence electrons. The number of hydrogen-bond acceptors (Lipinski definition) is 3. The van der Waals surface area contributed by atoms with Gasteiger partial charge in [0.15, 0.2) is 0 Å². The van der Waals surface area contributed by atoms with Crippen LogP contribution in [0.15, 0.2) is 18.2 Å². The number of nitrogens with zero attached hydrogens (tertiary/aromatic N) is 1. The molecule has 5 nitrogen and oxygen atoms in total. The molecule has 1 aromatic carbocycles. The summed E-state index contributed by atoms with van der Waals surface area (Å²) in [4.78, 5) is 35.8. The smallest absolute Gasteiger partial charge is 0.276 e. The van der Waals surface area contributed by atoms with Crippen LogP contribution in [0, 0.1) is 17.0 Å². The maximum atomic E-state index is 13.6. The molecule has 4 amide bonds. The predicted octanol–water partition coefficient (Wildman–Crippen LogP) is 1.57. The number of amides is 4. The van der Waals surface area contributed by atoms with E-state index in [-0.39, 0.29) is 0 Å². The van der Waals surface area contributed by atoms with Gasteiger partial charge in [-0.3, -0.25) is 14.9 Å². The first-order valence-electron chi connectivity index (χ1n) is 5.40. The second-order valence-corrected chi connectivity index (χ2v) is 4.62. The van der Waals surface area contributed by atoms with Gasteiger partial charge in [-0.2, -0.15) is 0 Å². The number of halogens is 2. The highest BCUT2D eigenvalue weighted by molar-refractivity contribution is 6.29. The Kier molecular flexibility index (Phi) is 2.84. The minimum absolute atomic E-state index is 0.399. The fourth-order valence-electron chi connectivity index (χ4n) is 1.66. The highest BCUT2D eigenvalue weighted by atomic mass is 19.1. The molecule has 0 aliphatic carbocycles. The number of barbiturate groups is 1. The van der Waals surface area contributed by atoms with Crippen LogP contribution in [0.3, 0.4) is 0 Å². The lowest BCUT2D eigenvalue weighted by Crippen LogP contribution is -2.62. The van der Waals surface area contributed by atoms with E-state index in [1.165, 1.54) is 13.8 Å². The monoisotopic (exact) mass is 268 g/mol. The number of nitrogens with one attached hydrogen (secondary N) is 1. The third-order valence-electron chi connectivity index (χ3n) is 2.88. The van der Waals surface area contributed by atoms with E-state index in [9.17, 15) is 23.2 Å². The zero-order valence-electron chi connectivity index (χ0n) is 10.2. The molecule has 1 heterocycles. The Morgan fingerprint density at radius 2 is 1.79 bits per heavy atom. The molecule has 2 rings (SSSR count). The van der Waals surface area contributed by atoms with E-state index in [0.717, 1.165) is 12.1 Å². The van der Waals surface area contributed by atoms with Crippen LogP contribution >= 0.6 is 0 Å². The quantitative estimate of drug-likeness (QED) is 0.786. The van der Waals surface area contributed by atoms with Gasteiger partial charge in [0.2, 0.25) is 11.8 Å². The molecule has 1 aliphatic heterocycles. The summed E-state index contributed by atoms with van der Waals surface area (Å²) in [6.45, 7) is 2.62. The fourth-order valence-corrected chi connectivity index (χ4v) is 1.66. The van der Waals surface area contributed by atoms with Crippen LogP contribution in [0.4, 0.5) is 19.3 Å². The molecule has 0 saturated carbocycles. The molecular weight excluding hydrogens is 258 g/mol. The van der Waals surface area contributed by atoms with Crippen molar-refractivity contribution in [2.75, 3.05) is 4.90 Å². The molecule has 1 aromatic rings. The van der Waals surface area contributed by atoms with Gasteiger partial charge in [0.05, 0.1) is 5.69 Å². The standard InChI is InChI=1S/C12H10F2N2O3/c1-12(2)9(17)15-11(19)16(10(12)18)8-4-3-6(13)5-7(8)14/h3-5H,1-2H3,(H,15,17,19). The zero-order valence-corrected chi connectivity index (χ0v) is 10.2. The van der Waals surface area contributed by atoms with Crippen molar-refractivity contribution in [2.24, 2.45) is 5.41 Å². The molecule has 1 fully saturated rings. The van der Waals surface area contributed by atoms with Gasteiger partial charge in [-0.15, -0.1) is 0 Å². The van der Waals surface area contributed by atoms with Crippen molar-refractivity contribution in [3.05, 3.63) is 29.8 Å². The summed E-state index contributed by atoms with van der Waals surface area (Å²) in [5.41, 5.74) is -1.90. The number of urea groups is 1. The lowest BCUT2D eigenvalue weighted by atomic mass is 9.88. The van der Waals surface area contributed by atoms with Crippen molar-refractivity contribution in [3.8, 4) is 0 Å². The number of imide groups is 2. The lowest BCUT2D eigenvalue weighted by Gasteiger charge is -2.34. The third kappa shape index (κ3) is 1.96. The number of anilines is 1. The Balaban J connectivity index is 2.52. The summed E-state index contributed by atoms with van der Waals surface area (Å²) in [5, 5.41) is 1.96. The molecule has 0 unspecified atom stereocenters. The molecule has 19 heavy (non-hydrogen) atoms. The summed E-state index contributed by atoms with van der Waals surface area (Å²) in [6, 6.07) is 1.38. The first-order chi connectivity index (χ1) is 8.75. The molecule has 1 saturated heterocycles. The third-order valence-corrected chi connectivity index (χ3v) is 2.88. The van der Waals surface area contributed by atoms with Crippen LogP contribution in [0.25, 0.3) is 0 Å². The SMILES string of the molecule is CC1(C)C(=O)NC(=O)N(c2ccc(F)cc2F)C1=O. The van der Waals surface area contributed by atoms with E-state index in [1.54, 1.807) is 0 Å². The highest BCUT2D eigenvalue weighted by Gasteiger charge is 2.48. The van der Waals surface area contributed by atoms with Crippen LogP contribution in [0.5, 0.6) is 0 Å². The van der Waals surface area contributed by atoms with E-state index in [0.29, 0.717) is 11.0 Å². The van der Waals surface area contributed by atoms with E-state index >= 15 is 0 Å². The Labute approximate surface area is 107 Å². The molecule has 1 N–H and O–H groups in total. The van der Waals surface area contributed by atoms with Gasteiger partial charge in [0, 0.05) is 6.07 Å². The van der Waals surface area contributed by atoms with Gasteiger partial charge in [0.1, 0.15) is 17.0 Å². The summed E-state index contributed by atoms with van der Waals surface area (Å²) < 4.78 is 26.5. The molecule has 0 atom stereocenters. The minimum Gasteiger partial charge on any atom is -0.276 e. The van der Waals surface area contributed by atoms with E-state index in [1.807, 2.05) is 5.32 Å². The van der Waals surface area contributed by atoms with E-state index in [4.69, 9.17) is 0 Å². The van der Waals surface area contributed by atoms with Crippen LogP contribution in [0.2, 0.25) is 0 Å². The molecule has 0 spiro atoms. The molecule has 0 radical (unpaired) electrons. The van der Waals surface area contributed by atoms with Gasteiger partial charge in [-0.25, -0.2) is 18.5 Å². The topological polar surface area (TPSA) is 66.5 Å². The largest absolute Gasteiger partial charge is 0.335 e.